The number of aliphatic carboxylic acids is 1. The van der Waals surface area contributed by atoms with Crippen LogP contribution in [0.15, 0.2) is 0 Å². The van der Waals surface area contributed by atoms with Gasteiger partial charge in [0.25, 0.3) is 0 Å². The molecule has 1 rings (SSSR count). The molecule has 0 aromatic heterocycles. The van der Waals surface area contributed by atoms with E-state index in [9.17, 15) is 9.59 Å². The van der Waals surface area contributed by atoms with Gasteiger partial charge in [0.2, 0.25) is 5.91 Å². The van der Waals surface area contributed by atoms with Crippen molar-refractivity contribution < 1.29 is 14.7 Å². The monoisotopic (exact) mass is 273 g/mol. The van der Waals surface area contributed by atoms with Crippen molar-refractivity contribution in [2.45, 2.75) is 51.5 Å². The fraction of sp³-hybridized carbons (Fsp3) is 0.846. The highest BCUT2D eigenvalue weighted by atomic mass is 32.2. The van der Waals surface area contributed by atoms with Crippen LogP contribution in [0, 0.1) is 5.92 Å². The van der Waals surface area contributed by atoms with Crippen LogP contribution in [-0.4, -0.2) is 34.0 Å². The first kappa shape index (κ1) is 15.3. The third-order valence-corrected chi connectivity index (χ3v) is 4.87. The summed E-state index contributed by atoms with van der Waals surface area (Å²) in [6.45, 7) is 3.87. The standard InChI is InChI=1S/C13H23NO3S/c1-3-13(4-2,9-11(15)16)14-12(17)10-5-7-18-8-6-10/h10H,3-9H2,1-2H3,(H,14,17)(H,15,16). The molecule has 0 bridgehead atoms. The molecule has 1 amide bonds. The first-order valence-electron chi connectivity index (χ1n) is 6.64. The highest BCUT2D eigenvalue weighted by Crippen LogP contribution is 2.26. The van der Waals surface area contributed by atoms with E-state index in [0.717, 1.165) is 24.3 Å². The molecule has 0 aliphatic carbocycles. The second kappa shape index (κ2) is 7.02. The normalized spacial score (nSPS) is 17.4. The van der Waals surface area contributed by atoms with Crippen molar-refractivity contribution in [3.63, 3.8) is 0 Å². The van der Waals surface area contributed by atoms with Crippen molar-refractivity contribution in [2.24, 2.45) is 5.92 Å². The molecule has 1 aliphatic rings. The van der Waals surface area contributed by atoms with Crippen LogP contribution in [-0.2, 0) is 9.59 Å². The molecule has 18 heavy (non-hydrogen) atoms. The molecule has 0 atom stereocenters. The summed E-state index contributed by atoms with van der Waals surface area (Å²) >= 11 is 1.88. The molecule has 0 aromatic carbocycles. The molecule has 2 N–H and O–H groups in total. The molecular formula is C13H23NO3S. The summed E-state index contributed by atoms with van der Waals surface area (Å²) in [5.41, 5.74) is -0.576. The number of carbonyl (C=O) groups excluding carboxylic acids is 1. The summed E-state index contributed by atoms with van der Waals surface area (Å²) in [6, 6.07) is 0. The van der Waals surface area contributed by atoms with Gasteiger partial charge in [0.15, 0.2) is 0 Å². The average molecular weight is 273 g/mol. The lowest BCUT2D eigenvalue weighted by atomic mass is 9.87. The number of hydrogen-bond acceptors (Lipinski definition) is 3. The lowest BCUT2D eigenvalue weighted by molar-refractivity contribution is -0.139. The Bertz CT molecular complexity index is 297. The Kier molecular flexibility index (Phi) is 5.99. The Morgan fingerprint density at radius 1 is 1.28 bits per heavy atom. The van der Waals surface area contributed by atoms with Gasteiger partial charge in [-0.15, -0.1) is 0 Å². The number of carboxylic acid groups (broad SMARTS) is 1. The first-order chi connectivity index (χ1) is 8.53. The minimum absolute atomic E-state index is 0.00715. The summed E-state index contributed by atoms with van der Waals surface area (Å²) < 4.78 is 0. The van der Waals surface area contributed by atoms with E-state index in [0.29, 0.717) is 12.8 Å². The van der Waals surface area contributed by atoms with Gasteiger partial charge < -0.3 is 10.4 Å². The number of amides is 1. The molecule has 1 saturated heterocycles. The van der Waals surface area contributed by atoms with E-state index in [2.05, 4.69) is 5.32 Å². The molecule has 0 aromatic rings. The number of thioether (sulfide) groups is 1. The molecule has 0 unspecified atom stereocenters. The van der Waals surface area contributed by atoms with Crippen molar-refractivity contribution >= 4 is 23.6 Å². The van der Waals surface area contributed by atoms with Gasteiger partial charge in [-0.25, -0.2) is 0 Å². The van der Waals surface area contributed by atoms with Gasteiger partial charge in [-0.1, -0.05) is 13.8 Å². The summed E-state index contributed by atoms with van der Waals surface area (Å²) in [7, 11) is 0. The van der Waals surface area contributed by atoms with Crippen LogP contribution < -0.4 is 5.32 Å². The zero-order valence-electron chi connectivity index (χ0n) is 11.2. The molecular weight excluding hydrogens is 250 g/mol. The highest BCUT2D eigenvalue weighted by Gasteiger charge is 2.33. The largest absolute Gasteiger partial charge is 0.481 e. The van der Waals surface area contributed by atoms with Gasteiger partial charge in [0.05, 0.1) is 6.42 Å². The second-order valence-electron chi connectivity index (χ2n) is 4.93. The van der Waals surface area contributed by atoms with Crippen molar-refractivity contribution in [2.75, 3.05) is 11.5 Å². The van der Waals surface area contributed by atoms with Gasteiger partial charge in [0.1, 0.15) is 0 Å². The quantitative estimate of drug-likeness (QED) is 0.779. The SMILES string of the molecule is CCC(CC)(CC(=O)O)NC(=O)C1CCSCC1. The number of rotatable bonds is 6. The predicted octanol–water partition coefficient (Wildman–Crippen LogP) is 2.28. The van der Waals surface area contributed by atoms with E-state index < -0.39 is 11.5 Å². The molecule has 104 valence electrons. The summed E-state index contributed by atoms with van der Waals surface area (Å²) in [5, 5.41) is 12.0. The molecule has 0 radical (unpaired) electrons. The van der Waals surface area contributed by atoms with Crippen LogP contribution in [0.3, 0.4) is 0 Å². The van der Waals surface area contributed by atoms with Gasteiger partial charge >= 0.3 is 5.97 Å². The third kappa shape index (κ3) is 4.19. The summed E-state index contributed by atoms with van der Waals surface area (Å²) in [6.07, 6.45) is 3.14. The van der Waals surface area contributed by atoms with Crippen molar-refractivity contribution in [1.29, 1.82) is 0 Å². The van der Waals surface area contributed by atoms with E-state index in [1.54, 1.807) is 0 Å². The van der Waals surface area contributed by atoms with E-state index in [1.165, 1.54) is 0 Å². The fourth-order valence-corrected chi connectivity index (χ4v) is 3.44. The van der Waals surface area contributed by atoms with Gasteiger partial charge in [-0.05, 0) is 37.2 Å². The molecule has 0 saturated carbocycles. The Morgan fingerprint density at radius 2 is 1.83 bits per heavy atom. The summed E-state index contributed by atoms with van der Waals surface area (Å²) in [5.74, 6) is 1.32. The van der Waals surface area contributed by atoms with Crippen LogP contribution in [0.1, 0.15) is 46.0 Å². The Labute approximate surface area is 113 Å². The van der Waals surface area contributed by atoms with E-state index in [-0.39, 0.29) is 18.2 Å². The predicted molar refractivity (Wildman–Crippen MR) is 73.8 cm³/mol. The summed E-state index contributed by atoms with van der Waals surface area (Å²) in [4.78, 5) is 23.1. The van der Waals surface area contributed by atoms with Gasteiger partial charge in [0, 0.05) is 11.5 Å². The number of carboxylic acids is 1. The van der Waals surface area contributed by atoms with Gasteiger partial charge in [-0.2, -0.15) is 11.8 Å². The van der Waals surface area contributed by atoms with Crippen LogP contribution in [0.2, 0.25) is 0 Å². The molecule has 4 nitrogen and oxygen atoms in total. The average Bonchev–Trinajstić information content (AvgIpc) is 2.38. The third-order valence-electron chi connectivity index (χ3n) is 3.82. The van der Waals surface area contributed by atoms with E-state index in [1.807, 2.05) is 25.6 Å². The minimum atomic E-state index is -0.849. The molecule has 5 heteroatoms. The minimum Gasteiger partial charge on any atom is -0.481 e. The maximum absolute atomic E-state index is 12.2. The Balaban J connectivity index is 2.64. The zero-order valence-corrected chi connectivity index (χ0v) is 12.0. The van der Waals surface area contributed by atoms with Crippen LogP contribution in [0.4, 0.5) is 0 Å². The van der Waals surface area contributed by atoms with Crippen molar-refractivity contribution in [3.05, 3.63) is 0 Å². The lowest BCUT2D eigenvalue weighted by Crippen LogP contribution is -2.51. The number of carbonyl (C=O) groups is 2. The smallest absolute Gasteiger partial charge is 0.305 e. The van der Waals surface area contributed by atoms with E-state index in [4.69, 9.17) is 5.11 Å². The maximum Gasteiger partial charge on any atom is 0.305 e. The maximum atomic E-state index is 12.2. The molecule has 1 aliphatic heterocycles. The van der Waals surface area contributed by atoms with Crippen LogP contribution in [0.5, 0.6) is 0 Å². The molecule has 0 spiro atoms. The number of nitrogens with one attached hydrogen (secondary N) is 1. The molecule has 1 fully saturated rings. The second-order valence-corrected chi connectivity index (χ2v) is 6.16. The lowest BCUT2D eigenvalue weighted by Gasteiger charge is -2.33. The Hall–Kier alpha value is -0.710. The van der Waals surface area contributed by atoms with Crippen molar-refractivity contribution in [3.8, 4) is 0 Å². The van der Waals surface area contributed by atoms with Crippen LogP contribution >= 0.6 is 11.8 Å². The van der Waals surface area contributed by atoms with E-state index >= 15 is 0 Å². The van der Waals surface area contributed by atoms with Gasteiger partial charge in [-0.3, -0.25) is 9.59 Å². The topological polar surface area (TPSA) is 66.4 Å². The highest BCUT2D eigenvalue weighted by molar-refractivity contribution is 7.99. The fourth-order valence-electron chi connectivity index (χ4n) is 2.33. The molecule has 1 heterocycles. The van der Waals surface area contributed by atoms with Crippen molar-refractivity contribution in [1.82, 2.24) is 5.32 Å². The van der Waals surface area contributed by atoms with Crippen LogP contribution in [0.25, 0.3) is 0 Å². The zero-order chi connectivity index (χ0) is 13.6. The first-order valence-corrected chi connectivity index (χ1v) is 7.80. The Morgan fingerprint density at radius 3 is 2.28 bits per heavy atom. The number of hydrogen-bond donors (Lipinski definition) is 2.